The molecular formula is C17H22ClN5O. The van der Waals surface area contributed by atoms with Gasteiger partial charge in [0.1, 0.15) is 5.69 Å². The average molecular weight is 348 g/mol. The van der Waals surface area contributed by atoms with Crippen molar-refractivity contribution in [2.45, 2.75) is 13.8 Å². The quantitative estimate of drug-likeness (QED) is 0.840. The third-order valence-electron chi connectivity index (χ3n) is 3.36. The first-order valence-electron chi connectivity index (χ1n) is 7.67. The van der Waals surface area contributed by atoms with Crippen LogP contribution in [0.3, 0.4) is 0 Å². The Bertz CT molecular complexity index is 733. The second-order valence-corrected chi connectivity index (χ2v) is 6.27. The van der Waals surface area contributed by atoms with E-state index >= 15 is 0 Å². The van der Waals surface area contributed by atoms with Gasteiger partial charge in [0.05, 0.1) is 0 Å². The SMILES string of the molecule is Cc1cc(C(=O)NCCN(C)C)nc(Nc2ccc(C)c(Cl)c2)n1. The highest BCUT2D eigenvalue weighted by Gasteiger charge is 2.11. The van der Waals surface area contributed by atoms with E-state index in [1.54, 1.807) is 12.1 Å². The van der Waals surface area contributed by atoms with Crippen LogP contribution in [0.15, 0.2) is 24.3 Å². The van der Waals surface area contributed by atoms with Crippen molar-refractivity contribution in [2.24, 2.45) is 0 Å². The number of hydrogen-bond acceptors (Lipinski definition) is 5. The van der Waals surface area contributed by atoms with E-state index < -0.39 is 0 Å². The first-order valence-corrected chi connectivity index (χ1v) is 8.05. The van der Waals surface area contributed by atoms with Gasteiger partial charge in [-0.2, -0.15) is 0 Å². The van der Waals surface area contributed by atoms with Crippen molar-refractivity contribution in [1.29, 1.82) is 0 Å². The van der Waals surface area contributed by atoms with Gasteiger partial charge in [0.25, 0.3) is 5.91 Å². The van der Waals surface area contributed by atoms with Crippen molar-refractivity contribution < 1.29 is 4.79 Å². The van der Waals surface area contributed by atoms with E-state index in [4.69, 9.17) is 11.6 Å². The molecule has 1 amide bonds. The summed E-state index contributed by atoms with van der Waals surface area (Å²) in [7, 11) is 3.91. The van der Waals surface area contributed by atoms with E-state index in [0.717, 1.165) is 17.8 Å². The van der Waals surface area contributed by atoms with Crippen molar-refractivity contribution in [2.75, 3.05) is 32.5 Å². The monoisotopic (exact) mass is 347 g/mol. The topological polar surface area (TPSA) is 70.2 Å². The number of nitrogens with zero attached hydrogens (tertiary/aromatic N) is 3. The van der Waals surface area contributed by atoms with Crippen molar-refractivity contribution >= 4 is 29.1 Å². The van der Waals surface area contributed by atoms with Gasteiger partial charge in [0, 0.05) is 29.5 Å². The van der Waals surface area contributed by atoms with Crippen LogP contribution >= 0.6 is 11.6 Å². The fourth-order valence-electron chi connectivity index (χ4n) is 2.02. The second kappa shape index (κ2) is 8.08. The molecule has 0 aliphatic carbocycles. The zero-order valence-corrected chi connectivity index (χ0v) is 15.1. The number of carbonyl (C=O) groups excluding carboxylic acids is 1. The van der Waals surface area contributed by atoms with Crippen LogP contribution < -0.4 is 10.6 Å². The van der Waals surface area contributed by atoms with Crippen LogP contribution in [-0.4, -0.2) is 48.0 Å². The lowest BCUT2D eigenvalue weighted by molar-refractivity contribution is 0.0946. The number of rotatable bonds is 6. The van der Waals surface area contributed by atoms with Crippen LogP contribution in [0, 0.1) is 13.8 Å². The van der Waals surface area contributed by atoms with E-state index in [9.17, 15) is 4.79 Å². The lowest BCUT2D eigenvalue weighted by Gasteiger charge is -2.11. The number of halogens is 1. The molecule has 0 spiro atoms. The number of aryl methyl sites for hydroxylation is 2. The Kier molecular flexibility index (Phi) is 6.11. The molecule has 2 aromatic rings. The Hall–Kier alpha value is -2.18. The van der Waals surface area contributed by atoms with Crippen LogP contribution in [0.25, 0.3) is 0 Å². The van der Waals surface area contributed by atoms with Gasteiger partial charge in [0.2, 0.25) is 5.95 Å². The molecule has 7 heteroatoms. The molecule has 6 nitrogen and oxygen atoms in total. The van der Waals surface area contributed by atoms with Gasteiger partial charge in [0.15, 0.2) is 0 Å². The summed E-state index contributed by atoms with van der Waals surface area (Å²) in [5, 5.41) is 6.59. The Labute approximate surface area is 147 Å². The summed E-state index contributed by atoms with van der Waals surface area (Å²) < 4.78 is 0. The first kappa shape index (κ1) is 18.2. The van der Waals surface area contributed by atoms with Crippen LogP contribution in [0.1, 0.15) is 21.7 Å². The molecule has 1 heterocycles. The number of hydrogen-bond donors (Lipinski definition) is 2. The normalized spacial score (nSPS) is 10.8. The minimum absolute atomic E-state index is 0.215. The summed E-state index contributed by atoms with van der Waals surface area (Å²) in [4.78, 5) is 22.8. The molecule has 1 aromatic heterocycles. The largest absolute Gasteiger partial charge is 0.349 e. The summed E-state index contributed by atoms with van der Waals surface area (Å²) in [6.07, 6.45) is 0. The third kappa shape index (κ3) is 5.18. The molecule has 1 aromatic carbocycles. The average Bonchev–Trinajstić information content (AvgIpc) is 2.50. The molecule has 2 N–H and O–H groups in total. The minimum atomic E-state index is -0.215. The Balaban J connectivity index is 2.12. The summed E-state index contributed by atoms with van der Waals surface area (Å²) in [6, 6.07) is 7.27. The predicted molar refractivity (Wildman–Crippen MR) is 97.1 cm³/mol. The Morgan fingerprint density at radius 3 is 2.62 bits per heavy atom. The summed E-state index contributed by atoms with van der Waals surface area (Å²) >= 11 is 6.13. The van der Waals surface area contributed by atoms with Gasteiger partial charge in [-0.15, -0.1) is 0 Å². The Morgan fingerprint density at radius 2 is 1.96 bits per heavy atom. The summed E-state index contributed by atoms with van der Waals surface area (Å²) in [6.45, 7) is 5.09. The zero-order valence-electron chi connectivity index (χ0n) is 14.4. The molecule has 0 atom stereocenters. The number of carbonyl (C=O) groups is 1. The molecule has 0 bridgehead atoms. The van der Waals surface area contributed by atoms with Gasteiger partial charge in [-0.25, -0.2) is 9.97 Å². The van der Waals surface area contributed by atoms with Crippen molar-refractivity contribution in [1.82, 2.24) is 20.2 Å². The first-order chi connectivity index (χ1) is 11.3. The van der Waals surface area contributed by atoms with E-state index in [0.29, 0.717) is 28.9 Å². The smallest absolute Gasteiger partial charge is 0.270 e. The van der Waals surface area contributed by atoms with Gasteiger partial charge in [-0.3, -0.25) is 4.79 Å². The molecule has 2 rings (SSSR count). The number of anilines is 2. The predicted octanol–water partition coefficient (Wildman–Crippen LogP) is 2.78. The van der Waals surface area contributed by atoms with Crippen LogP contribution in [0.4, 0.5) is 11.6 Å². The summed E-state index contributed by atoms with van der Waals surface area (Å²) in [5.74, 6) is 0.153. The van der Waals surface area contributed by atoms with E-state index in [2.05, 4.69) is 20.6 Å². The standard InChI is InChI=1S/C17H22ClN5O/c1-11-5-6-13(10-14(11)18)21-17-20-12(2)9-15(22-17)16(24)19-7-8-23(3)4/h5-6,9-10H,7-8H2,1-4H3,(H,19,24)(H,20,21,22). The number of amides is 1. The number of likely N-dealkylation sites (N-methyl/N-ethyl adjacent to an activating group) is 1. The lowest BCUT2D eigenvalue weighted by Crippen LogP contribution is -2.32. The minimum Gasteiger partial charge on any atom is -0.349 e. The molecule has 24 heavy (non-hydrogen) atoms. The van der Waals surface area contributed by atoms with Crippen molar-refractivity contribution in [3.63, 3.8) is 0 Å². The number of benzene rings is 1. The highest BCUT2D eigenvalue weighted by atomic mass is 35.5. The van der Waals surface area contributed by atoms with E-state index in [1.807, 2.05) is 45.0 Å². The third-order valence-corrected chi connectivity index (χ3v) is 3.77. The van der Waals surface area contributed by atoms with E-state index in [-0.39, 0.29) is 5.91 Å². The van der Waals surface area contributed by atoms with Crippen molar-refractivity contribution in [3.05, 3.63) is 46.2 Å². The maximum absolute atomic E-state index is 12.2. The van der Waals surface area contributed by atoms with Crippen LogP contribution in [-0.2, 0) is 0 Å². The van der Waals surface area contributed by atoms with Crippen LogP contribution in [0.5, 0.6) is 0 Å². The molecule has 0 aliphatic rings. The molecular weight excluding hydrogens is 326 g/mol. The van der Waals surface area contributed by atoms with Gasteiger partial charge < -0.3 is 15.5 Å². The number of aromatic nitrogens is 2. The van der Waals surface area contributed by atoms with Gasteiger partial charge in [-0.05, 0) is 51.7 Å². The zero-order chi connectivity index (χ0) is 17.7. The maximum Gasteiger partial charge on any atom is 0.270 e. The molecule has 0 fully saturated rings. The highest BCUT2D eigenvalue weighted by Crippen LogP contribution is 2.22. The molecule has 0 aliphatic heterocycles. The van der Waals surface area contributed by atoms with E-state index in [1.165, 1.54) is 0 Å². The van der Waals surface area contributed by atoms with Gasteiger partial charge in [-0.1, -0.05) is 17.7 Å². The Morgan fingerprint density at radius 1 is 1.21 bits per heavy atom. The number of nitrogens with one attached hydrogen (secondary N) is 2. The lowest BCUT2D eigenvalue weighted by atomic mass is 10.2. The fourth-order valence-corrected chi connectivity index (χ4v) is 2.20. The maximum atomic E-state index is 12.2. The van der Waals surface area contributed by atoms with Crippen LogP contribution in [0.2, 0.25) is 5.02 Å². The molecule has 0 saturated heterocycles. The van der Waals surface area contributed by atoms with Gasteiger partial charge >= 0.3 is 0 Å². The molecule has 0 saturated carbocycles. The second-order valence-electron chi connectivity index (χ2n) is 5.87. The molecule has 0 radical (unpaired) electrons. The van der Waals surface area contributed by atoms with Crippen molar-refractivity contribution in [3.8, 4) is 0 Å². The highest BCUT2D eigenvalue weighted by molar-refractivity contribution is 6.31. The fraction of sp³-hybridized carbons (Fsp3) is 0.353. The molecule has 128 valence electrons. The summed E-state index contributed by atoms with van der Waals surface area (Å²) in [5.41, 5.74) is 2.81. The molecule has 0 unspecified atom stereocenters.